The van der Waals surface area contributed by atoms with Gasteiger partial charge in [0.25, 0.3) is 0 Å². The van der Waals surface area contributed by atoms with E-state index in [-0.39, 0.29) is 30.3 Å². The number of phenols is 1. The number of nitrogens with zero attached hydrogens (tertiary/aromatic N) is 5. The lowest BCUT2D eigenvalue weighted by molar-refractivity contribution is -0.136. The second-order valence-corrected chi connectivity index (χ2v) is 9.64. The molecule has 2 aliphatic rings. The van der Waals surface area contributed by atoms with E-state index in [0.717, 1.165) is 63.4 Å². The summed E-state index contributed by atoms with van der Waals surface area (Å²) in [5.74, 6) is -0.273. The minimum absolute atomic E-state index is 0.0177. The van der Waals surface area contributed by atoms with E-state index in [1.807, 2.05) is 25.1 Å². The highest BCUT2D eigenvalue weighted by atomic mass is 19.1. The zero-order valence-corrected chi connectivity index (χ0v) is 21.6. The van der Waals surface area contributed by atoms with E-state index in [1.54, 1.807) is 4.90 Å². The summed E-state index contributed by atoms with van der Waals surface area (Å²) < 4.78 is 14.0. The molecule has 10 heteroatoms. The predicted octanol–water partition coefficient (Wildman–Crippen LogP) is 1.46. The molecule has 200 valence electrons. The van der Waals surface area contributed by atoms with Crippen molar-refractivity contribution in [3.05, 3.63) is 53.5 Å². The van der Waals surface area contributed by atoms with Crippen LogP contribution in [0, 0.1) is 5.82 Å². The molecule has 2 fully saturated rings. The average Bonchev–Trinajstić information content (AvgIpc) is 2.88. The van der Waals surface area contributed by atoms with Crippen molar-refractivity contribution >= 4 is 18.0 Å². The van der Waals surface area contributed by atoms with E-state index in [4.69, 9.17) is 4.98 Å². The molecule has 2 aromatic rings. The predicted molar refractivity (Wildman–Crippen MR) is 140 cm³/mol. The third-order valence-corrected chi connectivity index (χ3v) is 7.35. The van der Waals surface area contributed by atoms with Gasteiger partial charge in [-0.3, -0.25) is 15.0 Å². The molecule has 9 nitrogen and oxygen atoms in total. The molecule has 1 aromatic carbocycles. The van der Waals surface area contributed by atoms with Crippen molar-refractivity contribution in [1.82, 2.24) is 25.0 Å². The Labute approximate surface area is 217 Å². The minimum atomic E-state index is -1.11. The average molecular weight is 513 g/mol. The third kappa shape index (κ3) is 6.63. The van der Waals surface area contributed by atoms with Crippen molar-refractivity contribution in [2.24, 2.45) is 0 Å². The van der Waals surface area contributed by atoms with Gasteiger partial charge in [-0.1, -0.05) is 19.1 Å². The maximum absolute atomic E-state index is 14.0. The molecule has 1 atom stereocenters. The summed E-state index contributed by atoms with van der Waals surface area (Å²) in [7, 11) is 0. The number of nitrogens with one attached hydrogen (secondary N) is 1. The van der Waals surface area contributed by atoms with Gasteiger partial charge in [0.15, 0.2) is 0 Å². The molecule has 1 amide bonds. The second-order valence-electron chi connectivity index (χ2n) is 9.64. The number of aromatic hydroxyl groups is 1. The SMILES string of the molecule is CCN1CCN(C2CN(c3cccc(CN(CC)C(=O)C(C=O)NCc4ccc(O)cc4F)n3)C2)CC1. The second kappa shape index (κ2) is 12.4. The summed E-state index contributed by atoms with van der Waals surface area (Å²) in [6.07, 6.45) is 0.535. The number of halogens is 1. The van der Waals surface area contributed by atoms with Crippen molar-refractivity contribution in [1.29, 1.82) is 0 Å². The first-order valence-electron chi connectivity index (χ1n) is 13.0. The van der Waals surface area contributed by atoms with Gasteiger partial charge in [-0.25, -0.2) is 9.37 Å². The number of carbonyl (C=O) groups excluding carboxylic acids is 2. The fourth-order valence-electron chi connectivity index (χ4n) is 4.88. The van der Waals surface area contributed by atoms with Gasteiger partial charge >= 0.3 is 0 Å². The highest BCUT2D eigenvalue weighted by Gasteiger charge is 2.34. The summed E-state index contributed by atoms with van der Waals surface area (Å²) in [5.41, 5.74) is 1.01. The van der Waals surface area contributed by atoms with Crippen LogP contribution in [0.1, 0.15) is 25.1 Å². The molecule has 3 heterocycles. The lowest BCUT2D eigenvalue weighted by atomic mass is 10.1. The summed E-state index contributed by atoms with van der Waals surface area (Å²) in [4.78, 5) is 38.4. The first-order chi connectivity index (χ1) is 17.9. The van der Waals surface area contributed by atoms with Gasteiger partial charge < -0.3 is 24.6 Å². The highest BCUT2D eigenvalue weighted by Crippen LogP contribution is 2.23. The Morgan fingerprint density at radius 2 is 1.97 bits per heavy atom. The van der Waals surface area contributed by atoms with Gasteiger partial charge in [0, 0.05) is 70.0 Å². The van der Waals surface area contributed by atoms with Crippen LogP contribution >= 0.6 is 0 Å². The van der Waals surface area contributed by atoms with E-state index in [9.17, 15) is 19.1 Å². The maximum atomic E-state index is 14.0. The van der Waals surface area contributed by atoms with Crippen LogP contribution in [0.25, 0.3) is 0 Å². The molecule has 0 aliphatic carbocycles. The number of hydrogen-bond donors (Lipinski definition) is 2. The van der Waals surface area contributed by atoms with Gasteiger partial charge in [0.2, 0.25) is 5.91 Å². The third-order valence-electron chi connectivity index (χ3n) is 7.35. The van der Waals surface area contributed by atoms with Crippen molar-refractivity contribution in [3.63, 3.8) is 0 Å². The van der Waals surface area contributed by atoms with E-state index in [1.165, 1.54) is 12.1 Å². The van der Waals surface area contributed by atoms with Crippen LogP contribution in [-0.2, 0) is 22.7 Å². The summed E-state index contributed by atoms with van der Waals surface area (Å²) >= 11 is 0. The number of pyridine rings is 1. The summed E-state index contributed by atoms with van der Waals surface area (Å²) in [5, 5.41) is 12.2. The number of aldehydes is 1. The lowest BCUT2D eigenvalue weighted by Gasteiger charge is -2.48. The molecule has 37 heavy (non-hydrogen) atoms. The Morgan fingerprint density at radius 3 is 2.62 bits per heavy atom. The van der Waals surface area contributed by atoms with Gasteiger partial charge in [0.05, 0.1) is 12.2 Å². The standard InChI is InChI=1S/C27H37FN6O3/c1-3-31-10-12-33(13-11-31)22-17-34(18-22)26-7-5-6-21(30-26)16-32(4-2)27(37)25(19-35)29-15-20-8-9-23(36)14-24(20)28/h5-9,14,19,22,25,29,36H,3-4,10-13,15-18H2,1-2H3. The molecule has 0 bridgehead atoms. The number of hydrogen-bond acceptors (Lipinski definition) is 8. The largest absolute Gasteiger partial charge is 0.508 e. The zero-order chi connectivity index (χ0) is 26.4. The minimum Gasteiger partial charge on any atom is -0.508 e. The smallest absolute Gasteiger partial charge is 0.247 e. The number of rotatable bonds is 11. The van der Waals surface area contributed by atoms with Crippen molar-refractivity contribution < 1.29 is 19.1 Å². The molecule has 0 saturated carbocycles. The number of aromatic nitrogens is 1. The summed E-state index contributed by atoms with van der Waals surface area (Å²) in [6.45, 7) is 12.2. The molecular weight excluding hydrogens is 475 g/mol. The lowest BCUT2D eigenvalue weighted by Crippen LogP contribution is -2.63. The molecule has 2 aliphatic heterocycles. The van der Waals surface area contributed by atoms with Crippen molar-refractivity contribution in [2.45, 2.75) is 39.0 Å². The number of amides is 1. The Kier molecular flexibility index (Phi) is 9.07. The van der Waals surface area contributed by atoms with E-state index < -0.39 is 11.9 Å². The van der Waals surface area contributed by atoms with Crippen molar-refractivity contribution in [3.8, 4) is 5.75 Å². The quantitative estimate of drug-likeness (QED) is 0.346. The Morgan fingerprint density at radius 1 is 1.22 bits per heavy atom. The van der Waals surface area contributed by atoms with Crippen LogP contribution < -0.4 is 10.2 Å². The van der Waals surface area contributed by atoms with Gasteiger partial charge in [-0.2, -0.15) is 0 Å². The first kappa shape index (κ1) is 27.0. The fraction of sp³-hybridized carbons (Fsp3) is 0.519. The van der Waals surface area contributed by atoms with Gasteiger partial charge in [0.1, 0.15) is 29.7 Å². The van der Waals surface area contributed by atoms with E-state index in [0.29, 0.717) is 18.9 Å². The fourth-order valence-corrected chi connectivity index (χ4v) is 4.88. The van der Waals surface area contributed by atoms with Crippen LogP contribution in [0.4, 0.5) is 10.2 Å². The summed E-state index contributed by atoms with van der Waals surface area (Å²) in [6, 6.07) is 9.05. The number of piperazine rings is 1. The number of anilines is 1. The topological polar surface area (TPSA) is 92.2 Å². The molecular formula is C27H37FN6O3. The van der Waals surface area contributed by atoms with Gasteiger partial charge in [-0.15, -0.1) is 0 Å². The molecule has 0 radical (unpaired) electrons. The number of likely N-dealkylation sites (N-methyl/N-ethyl adjacent to an activating group) is 2. The zero-order valence-electron chi connectivity index (χ0n) is 21.6. The van der Waals surface area contributed by atoms with Gasteiger partial charge in [-0.05, 0) is 31.7 Å². The number of carbonyl (C=O) groups is 2. The monoisotopic (exact) mass is 512 g/mol. The molecule has 4 rings (SSSR count). The molecule has 0 spiro atoms. The highest BCUT2D eigenvalue weighted by molar-refractivity contribution is 5.95. The van der Waals surface area contributed by atoms with Crippen LogP contribution in [0.5, 0.6) is 5.75 Å². The number of benzene rings is 1. The normalized spacial score (nSPS) is 17.9. The van der Waals surface area contributed by atoms with Crippen LogP contribution in [0.2, 0.25) is 0 Å². The van der Waals surface area contributed by atoms with E-state index >= 15 is 0 Å². The number of phenolic OH excluding ortho intramolecular Hbond substituents is 1. The molecule has 2 N–H and O–H groups in total. The Balaban J connectivity index is 1.31. The van der Waals surface area contributed by atoms with Crippen LogP contribution in [0.15, 0.2) is 36.4 Å². The Hall–Kier alpha value is -3.08. The Bertz CT molecular complexity index is 1070. The van der Waals surface area contributed by atoms with Crippen LogP contribution in [-0.4, -0.2) is 101 Å². The first-order valence-corrected chi connectivity index (χ1v) is 13.0. The molecule has 1 aromatic heterocycles. The molecule has 2 saturated heterocycles. The maximum Gasteiger partial charge on any atom is 0.247 e. The van der Waals surface area contributed by atoms with Crippen LogP contribution in [0.3, 0.4) is 0 Å². The van der Waals surface area contributed by atoms with E-state index in [2.05, 4.69) is 26.9 Å². The molecule has 1 unspecified atom stereocenters. The van der Waals surface area contributed by atoms with Crippen molar-refractivity contribution in [2.75, 3.05) is 57.3 Å².